The first-order valence-electron chi connectivity index (χ1n) is 8.54. The zero-order chi connectivity index (χ0) is 16.5. The molecule has 24 heavy (non-hydrogen) atoms. The highest BCUT2D eigenvalue weighted by Crippen LogP contribution is 2.36. The Bertz CT molecular complexity index is 778. The summed E-state index contributed by atoms with van der Waals surface area (Å²) in [6.07, 6.45) is 8.95. The average molecular weight is 320 g/mol. The van der Waals surface area contributed by atoms with Crippen LogP contribution < -0.4 is 4.90 Å². The Balaban J connectivity index is 1.62. The Hall–Kier alpha value is -2.62. The van der Waals surface area contributed by atoms with Crippen LogP contribution in [0.5, 0.6) is 0 Å². The molecule has 0 spiro atoms. The van der Waals surface area contributed by atoms with Crippen molar-refractivity contribution in [1.29, 1.82) is 0 Å². The lowest BCUT2D eigenvalue weighted by Gasteiger charge is -2.37. The number of non-ortho nitro benzene ring substituents is 1. The van der Waals surface area contributed by atoms with E-state index in [-0.39, 0.29) is 10.6 Å². The van der Waals surface area contributed by atoms with Crippen molar-refractivity contribution in [2.24, 2.45) is 0 Å². The van der Waals surface area contributed by atoms with Crippen LogP contribution in [0.3, 0.4) is 0 Å². The van der Waals surface area contributed by atoms with Crippen LogP contribution in [-0.2, 0) is 12.8 Å². The predicted octanol–water partition coefficient (Wildman–Crippen LogP) is 4.46. The normalized spacial score (nSPS) is 16.2. The molecule has 0 N–H and O–H groups in total. The second-order valence-electron chi connectivity index (χ2n) is 6.56. The fraction of sp³-hybridized carbons (Fsp3) is 0.300. The monoisotopic (exact) mass is 320 g/mol. The molecule has 0 radical (unpaired) electrons. The summed E-state index contributed by atoms with van der Waals surface area (Å²) < 4.78 is 0. The van der Waals surface area contributed by atoms with E-state index in [9.17, 15) is 10.1 Å². The molecule has 0 atom stereocenters. The summed E-state index contributed by atoms with van der Waals surface area (Å²) in [6.45, 7) is 2.38. The van der Waals surface area contributed by atoms with E-state index in [4.69, 9.17) is 0 Å². The van der Waals surface area contributed by atoms with Crippen molar-refractivity contribution in [2.45, 2.75) is 25.7 Å². The fourth-order valence-corrected chi connectivity index (χ4v) is 3.83. The number of nitrogens with zero attached hydrogens (tertiary/aromatic N) is 2. The summed E-state index contributed by atoms with van der Waals surface area (Å²) in [5.41, 5.74) is 6.77. The molecule has 4 heteroatoms. The molecule has 0 aliphatic carbocycles. The van der Waals surface area contributed by atoms with Gasteiger partial charge in [0.05, 0.1) is 4.92 Å². The molecule has 0 fully saturated rings. The third-order valence-electron chi connectivity index (χ3n) is 4.93. The first kappa shape index (κ1) is 14.9. The summed E-state index contributed by atoms with van der Waals surface area (Å²) in [4.78, 5) is 12.9. The van der Waals surface area contributed by atoms with Crippen molar-refractivity contribution < 1.29 is 4.92 Å². The standard InChI is InChI=1S/C20H20N2O2/c23-22(24)19-9-7-15(8-10-19)5-6-16-13-17-3-1-11-21-12-2-4-18(14-16)20(17)21/h5-10,13-14H,1-4,11-12H2. The van der Waals surface area contributed by atoms with Crippen LogP contribution in [0.2, 0.25) is 0 Å². The number of nitro benzene ring substituents is 1. The molecular weight excluding hydrogens is 300 g/mol. The Morgan fingerprint density at radius 3 is 2.08 bits per heavy atom. The van der Waals surface area contributed by atoms with Gasteiger partial charge in [-0.15, -0.1) is 0 Å². The lowest BCUT2D eigenvalue weighted by Crippen LogP contribution is -2.34. The van der Waals surface area contributed by atoms with Crippen LogP contribution in [0.4, 0.5) is 11.4 Å². The largest absolute Gasteiger partial charge is 0.371 e. The van der Waals surface area contributed by atoms with Crippen molar-refractivity contribution in [3.63, 3.8) is 0 Å². The maximum Gasteiger partial charge on any atom is 0.269 e. The van der Waals surface area contributed by atoms with Gasteiger partial charge in [-0.05, 0) is 72.2 Å². The van der Waals surface area contributed by atoms with Gasteiger partial charge in [0.25, 0.3) is 5.69 Å². The molecular formula is C20H20N2O2. The number of nitro groups is 1. The maximum absolute atomic E-state index is 10.7. The third kappa shape index (κ3) is 2.80. The van der Waals surface area contributed by atoms with E-state index in [1.54, 1.807) is 24.3 Å². The highest BCUT2D eigenvalue weighted by molar-refractivity contribution is 5.74. The van der Waals surface area contributed by atoms with Crippen LogP contribution in [0.15, 0.2) is 36.4 Å². The van der Waals surface area contributed by atoms with Crippen LogP contribution in [0.25, 0.3) is 12.2 Å². The average Bonchev–Trinajstić information content (AvgIpc) is 2.61. The molecule has 0 saturated heterocycles. The van der Waals surface area contributed by atoms with Crippen molar-refractivity contribution in [3.05, 3.63) is 68.8 Å². The Labute approximate surface area is 141 Å². The van der Waals surface area contributed by atoms with Crippen molar-refractivity contribution >= 4 is 23.5 Å². The quantitative estimate of drug-likeness (QED) is 0.476. The molecule has 0 amide bonds. The van der Waals surface area contributed by atoms with Gasteiger partial charge in [-0.1, -0.05) is 12.2 Å². The van der Waals surface area contributed by atoms with Gasteiger partial charge in [-0.25, -0.2) is 0 Å². The molecule has 122 valence electrons. The zero-order valence-electron chi connectivity index (χ0n) is 13.6. The summed E-state index contributed by atoms with van der Waals surface area (Å²) >= 11 is 0. The Morgan fingerprint density at radius 2 is 1.50 bits per heavy atom. The van der Waals surface area contributed by atoms with Gasteiger partial charge in [-0.2, -0.15) is 0 Å². The molecule has 0 unspecified atom stereocenters. The molecule has 2 heterocycles. The number of hydrogen-bond donors (Lipinski definition) is 0. The number of hydrogen-bond acceptors (Lipinski definition) is 3. The lowest BCUT2D eigenvalue weighted by atomic mass is 9.90. The summed E-state index contributed by atoms with van der Waals surface area (Å²) in [6, 6.07) is 11.3. The first-order valence-corrected chi connectivity index (χ1v) is 8.54. The summed E-state index contributed by atoms with van der Waals surface area (Å²) in [5, 5.41) is 10.7. The Morgan fingerprint density at radius 1 is 0.917 bits per heavy atom. The SMILES string of the molecule is O=[N+]([O-])c1ccc(C=Cc2cc3c4c(c2)CCCN4CCC3)cc1. The number of anilines is 1. The van der Waals surface area contributed by atoms with Gasteiger partial charge in [-0.3, -0.25) is 10.1 Å². The van der Waals surface area contributed by atoms with E-state index in [2.05, 4.69) is 23.1 Å². The minimum Gasteiger partial charge on any atom is -0.371 e. The van der Waals surface area contributed by atoms with Crippen LogP contribution >= 0.6 is 0 Å². The predicted molar refractivity (Wildman–Crippen MR) is 97.3 cm³/mol. The van der Waals surface area contributed by atoms with Gasteiger partial charge in [0.2, 0.25) is 0 Å². The third-order valence-corrected chi connectivity index (χ3v) is 4.93. The van der Waals surface area contributed by atoms with Crippen molar-refractivity contribution in [3.8, 4) is 0 Å². The molecule has 0 saturated carbocycles. The van der Waals surface area contributed by atoms with Gasteiger partial charge >= 0.3 is 0 Å². The van der Waals surface area contributed by atoms with E-state index in [1.165, 1.54) is 48.3 Å². The van der Waals surface area contributed by atoms with E-state index in [1.807, 2.05) is 6.08 Å². The number of rotatable bonds is 3. The van der Waals surface area contributed by atoms with E-state index in [0.717, 1.165) is 18.4 Å². The molecule has 2 aromatic carbocycles. The van der Waals surface area contributed by atoms with Crippen molar-refractivity contribution in [2.75, 3.05) is 18.0 Å². The second kappa shape index (κ2) is 6.11. The smallest absolute Gasteiger partial charge is 0.269 e. The van der Waals surface area contributed by atoms with Gasteiger partial charge in [0.1, 0.15) is 0 Å². The van der Waals surface area contributed by atoms with Gasteiger partial charge < -0.3 is 4.90 Å². The van der Waals surface area contributed by atoms with Crippen LogP contribution in [0.1, 0.15) is 35.1 Å². The molecule has 0 bridgehead atoms. The molecule has 2 aromatic rings. The zero-order valence-corrected chi connectivity index (χ0v) is 13.6. The van der Waals surface area contributed by atoms with E-state index in [0.29, 0.717) is 0 Å². The van der Waals surface area contributed by atoms with Crippen molar-refractivity contribution in [1.82, 2.24) is 0 Å². The lowest BCUT2D eigenvalue weighted by molar-refractivity contribution is -0.384. The number of benzene rings is 2. The highest BCUT2D eigenvalue weighted by atomic mass is 16.6. The molecule has 2 aliphatic rings. The molecule has 2 aliphatic heterocycles. The summed E-state index contributed by atoms with van der Waals surface area (Å²) in [7, 11) is 0. The summed E-state index contributed by atoms with van der Waals surface area (Å²) in [5.74, 6) is 0. The van der Waals surface area contributed by atoms with Gasteiger partial charge in [0.15, 0.2) is 0 Å². The first-order chi connectivity index (χ1) is 11.7. The van der Waals surface area contributed by atoms with Gasteiger partial charge in [0, 0.05) is 30.9 Å². The van der Waals surface area contributed by atoms with Crippen LogP contribution in [-0.4, -0.2) is 18.0 Å². The second-order valence-corrected chi connectivity index (χ2v) is 6.56. The van der Waals surface area contributed by atoms with E-state index < -0.39 is 0 Å². The maximum atomic E-state index is 10.7. The minimum absolute atomic E-state index is 0.130. The molecule has 0 aromatic heterocycles. The fourth-order valence-electron chi connectivity index (χ4n) is 3.83. The molecule has 4 nitrogen and oxygen atoms in total. The molecule has 4 rings (SSSR count). The highest BCUT2D eigenvalue weighted by Gasteiger charge is 2.23. The number of aryl methyl sites for hydroxylation is 2. The topological polar surface area (TPSA) is 46.4 Å². The van der Waals surface area contributed by atoms with Crippen LogP contribution in [0, 0.1) is 10.1 Å². The Kier molecular flexibility index (Phi) is 3.81. The van der Waals surface area contributed by atoms with E-state index >= 15 is 0 Å². The minimum atomic E-state index is -0.368.